The molecule has 3 aliphatic heterocycles. The number of carbonyl (C=O) groups is 1. The number of hydrogen-bond acceptors (Lipinski definition) is 5. The number of benzene rings is 1. The SMILES string of the molecule is CO[C@@]12CCCN3C(=O)c4cc(Br)c(Br)n4[C@]31N=C(Sc1ccccc1)N2. The van der Waals surface area contributed by atoms with Crippen molar-refractivity contribution in [3.05, 3.63) is 51.2 Å². The molecule has 1 N–H and O–H groups in total. The summed E-state index contributed by atoms with van der Waals surface area (Å²) in [7, 11) is 1.68. The van der Waals surface area contributed by atoms with E-state index in [0.717, 1.165) is 32.0 Å². The summed E-state index contributed by atoms with van der Waals surface area (Å²) >= 11 is 8.72. The van der Waals surface area contributed by atoms with Crippen LogP contribution in [0.3, 0.4) is 0 Å². The molecule has 1 saturated heterocycles. The number of nitrogens with zero attached hydrogens (tertiary/aromatic N) is 3. The van der Waals surface area contributed by atoms with Crippen LogP contribution in [-0.4, -0.2) is 39.9 Å². The third kappa shape index (κ3) is 2.22. The van der Waals surface area contributed by atoms with Crippen LogP contribution in [0.15, 0.2) is 55.4 Å². The molecular formula is C18H16Br2N4O2S. The number of aliphatic imine (C=N–C) groups is 1. The number of ether oxygens (including phenoxy) is 1. The molecule has 2 aromatic rings. The van der Waals surface area contributed by atoms with Crippen LogP contribution in [0, 0.1) is 0 Å². The highest BCUT2D eigenvalue weighted by atomic mass is 79.9. The lowest BCUT2D eigenvalue weighted by Gasteiger charge is -2.49. The number of amidine groups is 1. The highest BCUT2D eigenvalue weighted by molar-refractivity contribution is 9.13. The van der Waals surface area contributed by atoms with Crippen molar-refractivity contribution >= 4 is 54.7 Å². The molecule has 1 amide bonds. The fourth-order valence-electron chi connectivity index (χ4n) is 4.26. The van der Waals surface area contributed by atoms with Gasteiger partial charge in [-0.25, -0.2) is 4.99 Å². The lowest BCUT2D eigenvalue weighted by Crippen LogP contribution is -2.68. The minimum absolute atomic E-state index is 0.0287. The standard InChI is InChI=1S/C18H16Br2N4O2S/c1-26-17-8-5-9-23-15(25)13-10-12(19)14(20)24(13)18(17,23)22-16(21-17)27-11-6-3-2-4-7-11/h2-4,6-7,10H,5,8-9H2,1H3,(H,21,22)/t17-,18+/m0/s1. The summed E-state index contributed by atoms with van der Waals surface area (Å²) in [6, 6.07) is 11.9. The van der Waals surface area contributed by atoms with Crippen LogP contribution in [0.1, 0.15) is 23.3 Å². The zero-order valence-corrected chi connectivity index (χ0v) is 18.4. The summed E-state index contributed by atoms with van der Waals surface area (Å²) < 4.78 is 9.62. The van der Waals surface area contributed by atoms with Crippen molar-refractivity contribution in [3.8, 4) is 0 Å². The maximum atomic E-state index is 13.2. The van der Waals surface area contributed by atoms with Crippen LogP contribution < -0.4 is 5.32 Å². The van der Waals surface area contributed by atoms with Gasteiger partial charge in [0.05, 0.1) is 4.47 Å². The number of hydrogen-bond donors (Lipinski definition) is 1. The van der Waals surface area contributed by atoms with E-state index < -0.39 is 11.5 Å². The van der Waals surface area contributed by atoms with Gasteiger partial charge in [-0.05, 0) is 56.5 Å². The average molecular weight is 512 g/mol. The lowest BCUT2D eigenvalue weighted by atomic mass is 9.93. The maximum Gasteiger partial charge on any atom is 0.274 e. The van der Waals surface area contributed by atoms with Gasteiger partial charge in [0.2, 0.25) is 5.72 Å². The second kappa shape index (κ2) is 6.10. The summed E-state index contributed by atoms with van der Waals surface area (Å²) in [6.07, 6.45) is 1.59. The Kier molecular flexibility index (Phi) is 4.02. The van der Waals surface area contributed by atoms with E-state index in [0.29, 0.717) is 12.2 Å². The molecule has 9 heteroatoms. The zero-order chi connectivity index (χ0) is 18.8. The topological polar surface area (TPSA) is 58.9 Å². The second-order valence-electron chi connectivity index (χ2n) is 6.69. The van der Waals surface area contributed by atoms with Gasteiger partial charge in [-0.3, -0.25) is 14.3 Å². The van der Waals surface area contributed by atoms with E-state index in [1.807, 2.05) is 45.9 Å². The van der Waals surface area contributed by atoms with Crippen molar-refractivity contribution in [2.24, 2.45) is 4.99 Å². The van der Waals surface area contributed by atoms with E-state index in [4.69, 9.17) is 9.73 Å². The van der Waals surface area contributed by atoms with Crippen LogP contribution in [0.4, 0.5) is 0 Å². The molecule has 5 rings (SSSR count). The molecular weight excluding hydrogens is 496 g/mol. The van der Waals surface area contributed by atoms with Gasteiger partial charge in [0.25, 0.3) is 11.7 Å². The number of carbonyl (C=O) groups excluding carboxylic acids is 1. The summed E-state index contributed by atoms with van der Waals surface area (Å²) in [5, 5.41) is 4.25. The Morgan fingerprint density at radius 1 is 1.30 bits per heavy atom. The van der Waals surface area contributed by atoms with Crippen molar-refractivity contribution in [3.63, 3.8) is 0 Å². The third-order valence-corrected chi connectivity index (χ3v) is 8.19. The van der Waals surface area contributed by atoms with E-state index >= 15 is 0 Å². The first-order valence-corrected chi connectivity index (χ1v) is 11.0. The first-order valence-electron chi connectivity index (χ1n) is 8.58. The molecule has 4 heterocycles. The van der Waals surface area contributed by atoms with E-state index in [1.165, 1.54) is 0 Å². The van der Waals surface area contributed by atoms with Crippen LogP contribution in [-0.2, 0) is 10.5 Å². The minimum Gasteiger partial charge on any atom is -0.353 e. The summed E-state index contributed by atoms with van der Waals surface area (Å²) in [5.74, 6) is -1.01. The van der Waals surface area contributed by atoms with Gasteiger partial charge in [0.1, 0.15) is 10.3 Å². The summed E-state index contributed by atoms with van der Waals surface area (Å²) in [6.45, 7) is 0.643. The number of methoxy groups -OCH3 is 1. The molecule has 3 aliphatic rings. The molecule has 0 radical (unpaired) electrons. The van der Waals surface area contributed by atoms with Gasteiger partial charge in [-0.1, -0.05) is 30.0 Å². The number of aromatic nitrogens is 1. The predicted molar refractivity (Wildman–Crippen MR) is 111 cm³/mol. The predicted octanol–water partition coefficient (Wildman–Crippen LogP) is 3.97. The lowest BCUT2D eigenvalue weighted by molar-refractivity contribution is -0.176. The Hall–Kier alpha value is -1.29. The van der Waals surface area contributed by atoms with Gasteiger partial charge in [0, 0.05) is 25.0 Å². The normalized spacial score (nSPS) is 28.5. The van der Waals surface area contributed by atoms with Gasteiger partial charge < -0.3 is 10.1 Å². The Morgan fingerprint density at radius 3 is 2.81 bits per heavy atom. The number of fused-ring (bicyclic) bond motifs is 1. The van der Waals surface area contributed by atoms with Crippen molar-refractivity contribution in [1.82, 2.24) is 14.8 Å². The molecule has 1 aromatic carbocycles. The largest absolute Gasteiger partial charge is 0.353 e. The summed E-state index contributed by atoms with van der Waals surface area (Å²) in [5.41, 5.74) is -0.210. The molecule has 1 fully saturated rings. The number of nitrogens with one attached hydrogen (secondary N) is 1. The smallest absolute Gasteiger partial charge is 0.274 e. The molecule has 2 atom stereocenters. The van der Waals surface area contributed by atoms with E-state index in [-0.39, 0.29) is 5.91 Å². The minimum atomic E-state index is -0.978. The number of piperidine rings is 1. The van der Waals surface area contributed by atoms with Gasteiger partial charge >= 0.3 is 0 Å². The number of rotatable bonds is 2. The zero-order valence-electron chi connectivity index (χ0n) is 14.4. The summed E-state index contributed by atoms with van der Waals surface area (Å²) in [4.78, 5) is 21.1. The number of amides is 1. The molecule has 0 bridgehead atoms. The van der Waals surface area contributed by atoms with Crippen LogP contribution >= 0.6 is 43.6 Å². The quantitative estimate of drug-likeness (QED) is 0.662. The highest BCUT2D eigenvalue weighted by Gasteiger charge is 2.69. The van der Waals surface area contributed by atoms with Gasteiger partial charge in [-0.15, -0.1) is 0 Å². The molecule has 0 saturated carbocycles. The van der Waals surface area contributed by atoms with Crippen molar-refractivity contribution < 1.29 is 9.53 Å². The molecule has 0 aliphatic carbocycles. The number of halogens is 2. The monoisotopic (exact) mass is 510 g/mol. The van der Waals surface area contributed by atoms with Gasteiger partial charge in [0.15, 0.2) is 5.17 Å². The molecule has 1 aromatic heterocycles. The van der Waals surface area contributed by atoms with Crippen LogP contribution in [0.5, 0.6) is 0 Å². The van der Waals surface area contributed by atoms with E-state index in [9.17, 15) is 4.79 Å². The second-order valence-corrected chi connectivity index (χ2v) is 9.36. The first kappa shape index (κ1) is 17.8. The van der Waals surface area contributed by atoms with Crippen molar-refractivity contribution in [2.75, 3.05) is 13.7 Å². The highest BCUT2D eigenvalue weighted by Crippen LogP contribution is 2.54. The Morgan fingerprint density at radius 2 is 2.07 bits per heavy atom. The molecule has 27 heavy (non-hydrogen) atoms. The Bertz CT molecular complexity index is 979. The van der Waals surface area contributed by atoms with Crippen molar-refractivity contribution in [1.29, 1.82) is 0 Å². The maximum absolute atomic E-state index is 13.2. The molecule has 0 unspecified atom stereocenters. The molecule has 6 nitrogen and oxygen atoms in total. The van der Waals surface area contributed by atoms with Crippen molar-refractivity contribution in [2.45, 2.75) is 29.2 Å². The fraction of sp³-hybridized carbons (Fsp3) is 0.333. The molecule has 1 spiro atoms. The van der Waals surface area contributed by atoms with E-state index in [1.54, 1.807) is 18.9 Å². The Labute approximate surface area is 177 Å². The third-order valence-electron chi connectivity index (χ3n) is 5.38. The average Bonchev–Trinajstić information content (AvgIpc) is 3.24. The van der Waals surface area contributed by atoms with Crippen LogP contribution in [0.2, 0.25) is 0 Å². The van der Waals surface area contributed by atoms with E-state index in [2.05, 4.69) is 37.2 Å². The number of thioether (sulfide) groups is 1. The molecule has 140 valence electrons. The fourth-order valence-corrected chi connectivity index (χ4v) is 6.11. The van der Waals surface area contributed by atoms with Crippen LogP contribution in [0.25, 0.3) is 0 Å². The van der Waals surface area contributed by atoms with Gasteiger partial charge in [-0.2, -0.15) is 0 Å². The first-order chi connectivity index (χ1) is 13.0. The Balaban J connectivity index is 1.70.